The maximum atomic E-state index is 6.96. The monoisotopic (exact) mass is 273 g/mol. The summed E-state index contributed by atoms with van der Waals surface area (Å²) in [5.74, 6) is 0. The van der Waals surface area contributed by atoms with E-state index in [-0.39, 0.29) is 0 Å². The molecule has 0 aliphatic heterocycles. The second-order valence-electron chi connectivity index (χ2n) is 5.35. The van der Waals surface area contributed by atoms with E-state index in [1.165, 1.54) is 5.56 Å². The second kappa shape index (κ2) is 5.55. The molecule has 0 bridgehead atoms. The number of hydrogen-bond donors (Lipinski definition) is 1. The molecule has 2 N–H and O–H groups in total. The average molecular weight is 273 g/mol. The van der Waals surface area contributed by atoms with Gasteiger partial charge >= 0.3 is 0 Å². The maximum Gasteiger partial charge on any atom is 0.0925 e. The molecule has 0 aliphatic rings. The fourth-order valence-corrected chi connectivity index (χ4v) is 2.90. The molecule has 0 spiro atoms. The fourth-order valence-electron chi connectivity index (χ4n) is 2.90. The molecular formula is C20H19N. The van der Waals surface area contributed by atoms with Crippen LogP contribution in [0.15, 0.2) is 84.9 Å². The van der Waals surface area contributed by atoms with Gasteiger partial charge in [0.2, 0.25) is 0 Å². The average Bonchev–Trinajstić information content (AvgIpc) is 2.56. The van der Waals surface area contributed by atoms with E-state index in [0.29, 0.717) is 0 Å². The first-order valence-corrected chi connectivity index (χ1v) is 7.19. The van der Waals surface area contributed by atoms with Crippen LogP contribution >= 0.6 is 0 Å². The quantitative estimate of drug-likeness (QED) is 0.709. The van der Waals surface area contributed by atoms with Gasteiger partial charge < -0.3 is 5.73 Å². The number of nitrogens with two attached hydrogens (primary N) is 1. The van der Waals surface area contributed by atoms with Crippen LogP contribution in [0.4, 0.5) is 0 Å². The Kier molecular flexibility index (Phi) is 3.59. The Morgan fingerprint density at radius 3 is 1.52 bits per heavy atom. The van der Waals surface area contributed by atoms with Crippen molar-refractivity contribution in [3.63, 3.8) is 0 Å². The third-order valence-electron chi connectivity index (χ3n) is 4.03. The zero-order valence-electron chi connectivity index (χ0n) is 12.2. The van der Waals surface area contributed by atoms with Crippen LogP contribution in [0, 0.1) is 6.92 Å². The fraction of sp³-hybridized carbons (Fsp3) is 0.100. The Balaban J connectivity index is 2.29. The first-order valence-electron chi connectivity index (χ1n) is 7.19. The Bertz CT molecular complexity index is 678. The van der Waals surface area contributed by atoms with Gasteiger partial charge in [0.15, 0.2) is 0 Å². The lowest BCUT2D eigenvalue weighted by molar-refractivity contribution is 0.648. The molecule has 3 rings (SSSR count). The Labute approximate surface area is 126 Å². The lowest BCUT2D eigenvalue weighted by Crippen LogP contribution is -2.39. The maximum absolute atomic E-state index is 6.96. The zero-order valence-corrected chi connectivity index (χ0v) is 12.2. The minimum absolute atomic E-state index is 0.631. The molecule has 1 nitrogen and oxygen atoms in total. The van der Waals surface area contributed by atoms with Gasteiger partial charge in [-0.2, -0.15) is 0 Å². The molecule has 1 heteroatoms. The van der Waals surface area contributed by atoms with Gasteiger partial charge in [-0.25, -0.2) is 0 Å². The first kappa shape index (κ1) is 13.6. The van der Waals surface area contributed by atoms with Crippen LogP contribution in [0.1, 0.15) is 22.3 Å². The van der Waals surface area contributed by atoms with Crippen molar-refractivity contribution < 1.29 is 0 Å². The van der Waals surface area contributed by atoms with Crippen molar-refractivity contribution >= 4 is 0 Å². The molecule has 0 amide bonds. The van der Waals surface area contributed by atoms with Crippen LogP contribution in [-0.4, -0.2) is 0 Å². The predicted octanol–water partition coefficient (Wildman–Crippen LogP) is 4.25. The highest BCUT2D eigenvalue weighted by Gasteiger charge is 2.32. The number of benzene rings is 3. The molecule has 3 aromatic carbocycles. The molecule has 0 unspecified atom stereocenters. The van der Waals surface area contributed by atoms with Crippen LogP contribution in [0.5, 0.6) is 0 Å². The summed E-state index contributed by atoms with van der Waals surface area (Å²) >= 11 is 0. The second-order valence-corrected chi connectivity index (χ2v) is 5.35. The van der Waals surface area contributed by atoms with Crippen LogP contribution in [0.25, 0.3) is 0 Å². The molecule has 0 radical (unpaired) electrons. The summed E-state index contributed by atoms with van der Waals surface area (Å²) < 4.78 is 0. The standard InChI is InChI=1S/C20H19N/c1-16-10-8-9-15-19(16)20(21,17-11-4-2-5-12-17)18-13-6-3-7-14-18/h2-15H,21H2,1H3. The molecule has 0 saturated heterocycles. The van der Waals surface area contributed by atoms with E-state index in [0.717, 1.165) is 16.7 Å². The van der Waals surface area contributed by atoms with Gasteiger partial charge in [0.05, 0.1) is 5.54 Å². The molecule has 0 fully saturated rings. The molecule has 0 saturated carbocycles. The van der Waals surface area contributed by atoms with Crippen molar-refractivity contribution in [3.05, 3.63) is 107 Å². The minimum Gasteiger partial charge on any atom is -0.314 e. The van der Waals surface area contributed by atoms with Crippen molar-refractivity contribution in [2.24, 2.45) is 5.73 Å². The van der Waals surface area contributed by atoms with Gasteiger partial charge in [-0.1, -0.05) is 84.9 Å². The van der Waals surface area contributed by atoms with E-state index in [9.17, 15) is 0 Å². The highest BCUT2D eigenvalue weighted by atomic mass is 14.8. The molecule has 21 heavy (non-hydrogen) atoms. The van der Waals surface area contributed by atoms with E-state index in [1.807, 2.05) is 36.4 Å². The minimum atomic E-state index is -0.631. The van der Waals surface area contributed by atoms with Crippen LogP contribution in [0.2, 0.25) is 0 Å². The Morgan fingerprint density at radius 2 is 1.05 bits per heavy atom. The third kappa shape index (κ3) is 2.37. The summed E-state index contributed by atoms with van der Waals surface area (Å²) in [6.45, 7) is 2.11. The smallest absolute Gasteiger partial charge is 0.0925 e. The van der Waals surface area contributed by atoms with E-state index in [1.54, 1.807) is 0 Å². The zero-order chi connectivity index (χ0) is 14.7. The molecule has 0 atom stereocenters. The molecule has 0 heterocycles. The molecule has 0 aliphatic carbocycles. The van der Waals surface area contributed by atoms with Gasteiger partial charge in [0.25, 0.3) is 0 Å². The molecule has 0 aromatic heterocycles. The van der Waals surface area contributed by atoms with Gasteiger partial charge in [-0.15, -0.1) is 0 Å². The van der Waals surface area contributed by atoms with Crippen LogP contribution < -0.4 is 5.73 Å². The molecule has 104 valence electrons. The summed E-state index contributed by atoms with van der Waals surface area (Å²) in [7, 11) is 0. The summed E-state index contributed by atoms with van der Waals surface area (Å²) in [5.41, 5.74) is 10.9. The highest BCUT2D eigenvalue weighted by molar-refractivity contribution is 5.51. The molecular weight excluding hydrogens is 254 g/mol. The summed E-state index contributed by atoms with van der Waals surface area (Å²) in [5, 5.41) is 0. The van der Waals surface area contributed by atoms with Crippen molar-refractivity contribution in [2.75, 3.05) is 0 Å². The van der Waals surface area contributed by atoms with Crippen LogP contribution in [-0.2, 0) is 5.54 Å². The normalized spacial score (nSPS) is 11.3. The van der Waals surface area contributed by atoms with Crippen molar-refractivity contribution in [3.8, 4) is 0 Å². The summed E-state index contributed by atoms with van der Waals surface area (Å²) in [6, 6.07) is 28.9. The SMILES string of the molecule is Cc1ccccc1C(N)(c1ccccc1)c1ccccc1. The van der Waals surface area contributed by atoms with E-state index in [2.05, 4.69) is 55.5 Å². The first-order chi connectivity index (χ1) is 10.2. The van der Waals surface area contributed by atoms with Gasteiger partial charge in [0.1, 0.15) is 0 Å². The molecule has 3 aromatic rings. The van der Waals surface area contributed by atoms with Crippen molar-refractivity contribution in [1.82, 2.24) is 0 Å². The Morgan fingerprint density at radius 1 is 0.619 bits per heavy atom. The largest absolute Gasteiger partial charge is 0.314 e. The van der Waals surface area contributed by atoms with Crippen molar-refractivity contribution in [2.45, 2.75) is 12.5 Å². The predicted molar refractivity (Wildman–Crippen MR) is 88.1 cm³/mol. The lowest BCUT2D eigenvalue weighted by atomic mass is 9.76. The van der Waals surface area contributed by atoms with Gasteiger partial charge in [-0.3, -0.25) is 0 Å². The van der Waals surface area contributed by atoms with E-state index >= 15 is 0 Å². The number of hydrogen-bond acceptors (Lipinski definition) is 1. The van der Waals surface area contributed by atoms with Gasteiger partial charge in [-0.05, 0) is 29.2 Å². The highest BCUT2D eigenvalue weighted by Crippen LogP contribution is 2.35. The number of rotatable bonds is 3. The summed E-state index contributed by atoms with van der Waals surface area (Å²) in [4.78, 5) is 0. The summed E-state index contributed by atoms with van der Waals surface area (Å²) in [6.07, 6.45) is 0. The van der Waals surface area contributed by atoms with E-state index < -0.39 is 5.54 Å². The van der Waals surface area contributed by atoms with Crippen LogP contribution in [0.3, 0.4) is 0 Å². The van der Waals surface area contributed by atoms with E-state index in [4.69, 9.17) is 5.73 Å². The number of aryl methyl sites for hydroxylation is 1. The Hall–Kier alpha value is -2.38. The van der Waals surface area contributed by atoms with Gasteiger partial charge in [0, 0.05) is 0 Å². The topological polar surface area (TPSA) is 26.0 Å². The van der Waals surface area contributed by atoms with Crippen molar-refractivity contribution in [1.29, 1.82) is 0 Å². The third-order valence-corrected chi connectivity index (χ3v) is 4.03. The lowest BCUT2D eigenvalue weighted by Gasteiger charge is -2.33.